The van der Waals surface area contributed by atoms with E-state index in [1.54, 1.807) is 0 Å². The lowest BCUT2D eigenvalue weighted by Crippen LogP contribution is -2.22. The molecule has 17 heavy (non-hydrogen) atoms. The molecule has 1 atom stereocenters. The van der Waals surface area contributed by atoms with E-state index in [-0.39, 0.29) is 27.8 Å². The van der Waals surface area contributed by atoms with Crippen LogP contribution in [-0.4, -0.2) is 30.4 Å². The number of carbonyl (C=O) groups is 1. The minimum atomic E-state index is -1.42. The number of nitrogens with two attached hydrogens (primary N) is 1. The quantitative estimate of drug-likeness (QED) is 0.751. The number of hydrogen-bond donors (Lipinski definition) is 3. The first kappa shape index (κ1) is 13.4. The topological polar surface area (TPSA) is 102 Å². The van der Waals surface area contributed by atoms with Gasteiger partial charge in [-0.1, -0.05) is 11.6 Å². The van der Waals surface area contributed by atoms with Crippen molar-refractivity contribution in [2.24, 2.45) is 5.73 Å². The van der Waals surface area contributed by atoms with Crippen LogP contribution in [0.1, 0.15) is 11.6 Å². The van der Waals surface area contributed by atoms with Crippen molar-refractivity contribution in [2.45, 2.75) is 6.04 Å². The Balaban J connectivity index is 3.53. The summed E-state index contributed by atoms with van der Waals surface area (Å²) in [6.07, 6.45) is 0. The maximum Gasteiger partial charge on any atom is 0.325 e. The van der Waals surface area contributed by atoms with E-state index in [0.717, 1.165) is 0 Å². The van der Waals surface area contributed by atoms with Crippen molar-refractivity contribution < 1.29 is 24.5 Å². The van der Waals surface area contributed by atoms with Crippen molar-refractivity contribution in [3.63, 3.8) is 0 Å². The summed E-state index contributed by atoms with van der Waals surface area (Å²) in [4.78, 5) is 10.9. The van der Waals surface area contributed by atoms with Gasteiger partial charge in [-0.3, -0.25) is 4.79 Å². The van der Waals surface area contributed by atoms with Gasteiger partial charge in [0.15, 0.2) is 11.5 Å². The number of halogens is 1. The third-order valence-electron chi connectivity index (χ3n) is 2.20. The van der Waals surface area contributed by atoms with Gasteiger partial charge in [-0.2, -0.15) is 0 Å². The zero-order valence-electron chi connectivity index (χ0n) is 9.23. The second kappa shape index (κ2) is 5.11. The Morgan fingerprint density at radius 3 is 2.47 bits per heavy atom. The van der Waals surface area contributed by atoms with E-state index in [1.807, 2.05) is 0 Å². The molecular formula is C10H12ClNO5. The Labute approximate surface area is 103 Å². The van der Waals surface area contributed by atoms with Crippen LogP contribution in [0.4, 0.5) is 0 Å². The Hall–Kier alpha value is -1.66. The smallest absolute Gasteiger partial charge is 0.325 e. The predicted octanol–water partition coefficient (Wildman–Crippen LogP) is 1.15. The fourth-order valence-corrected chi connectivity index (χ4v) is 1.64. The third-order valence-corrected chi connectivity index (χ3v) is 2.60. The molecule has 0 aliphatic heterocycles. The first-order valence-corrected chi connectivity index (χ1v) is 4.93. The molecule has 0 amide bonds. The van der Waals surface area contributed by atoms with Crippen LogP contribution in [0.15, 0.2) is 6.07 Å². The largest absolute Gasteiger partial charge is 0.506 e. The highest BCUT2D eigenvalue weighted by Gasteiger charge is 2.27. The molecule has 0 bridgehead atoms. The molecule has 0 fully saturated rings. The summed E-state index contributed by atoms with van der Waals surface area (Å²) < 4.78 is 9.96. The molecule has 1 rings (SSSR count). The number of carboxylic acid groups (broad SMARTS) is 1. The van der Waals surface area contributed by atoms with E-state index in [2.05, 4.69) is 0 Å². The van der Waals surface area contributed by atoms with Crippen LogP contribution in [0.25, 0.3) is 0 Å². The van der Waals surface area contributed by atoms with E-state index in [1.165, 1.54) is 20.3 Å². The first-order chi connectivity index (χ1) is 7.93. The third kappa shape index (κ3) is 2.37. The normalized spacial score (nSPS) is 12.0. The molecule has 7 heteroatoms. The van der Waals surface area contributed by atoms with Gasteiger partial charge in [-0.15, -0.1) is 0 Å². The highest BCUT2D eigenvalue weighted by Crippen LogP contribution is 2.44. The second-order valence-corrected chi connectivity index (χ2v) is 3.55. The molecule has 0 saturated heterocycles. The lowest BCUT2D eigenvalue weighted by atomic mass is 10.1. The lowest BCUT2D eigenvalue weighted by Gasteiger charge is -2.17. The van der Waals surface area contributed by atoms with Crippen LogP contribution < -0.4 is 15.2 Å². The summed E-state index contributed by atoms with van der Waals surface area (Å²) in [7, 11) is 2.67. The average Bonchev–Trinajstić information content (AvgIpc) is 2.30. The van der Waals surface area contributed by atoms with Crippen LogP contribution >= 0.6 is 11.6 Å². The van der Waals surface area contributed by atoms with Crippen molar-refractivity contribution in [3.05, 3.63) is 16.7 Å². The van der Waals surface area contributed by atoms with Crippen LogP contribution in [0.3, 0.4) is 0 Å². The summed E-state index contributed by atoms with van der Waals surface area (Å²) in [6, 6.07) is -0.197. The van der Waals surface area contributed by atoms with Gasteiger partial charge >= 0.3 is 5.97 Å². The minimum absolute atomic E-state index is 0.0292. The molecule has 6 nitrogen and oxygen atoms in total. The number of ether oxygens (including phenoxy) is 2. The molecule has 0 radical (unpaired) electrons. The van der Waals surface area contributed by atoms with Gasteiger partial charge in [0.1, 0.15) is 11.8 Å². The number of aromatic hydroxyl groups is 1. The predicted molar refractivity (Wildman–Crippen MR) is 60.8 cm³/mol. The maximum absolute atomic E-state index is 10.9. The number of aliphatic carboxylic acids is 1. The van der Waals surface area contributed by atoms with Crippen LogP contribution in [0, 0.1) is 0 Å². The molecule has 0 spiro atoms. The first-order valence-electron chi connectivity index (χ1n) is 4.55. The van der Waals surface area contributed by atoms with Crippen LogP contribution in [0.2, 0.25) is 5.02 Å². The molecule has 1 aromatic rings. The van der Waals surface area contributed by atoms with Gasteiger partial charge in [0.25, 0.3) is 0 Å². The van der Waals surface area contributed by atoms with Gasteiger partial charge in [0, 0.05) is 11.6 Å². The number of rotatable bonds is 4. The van der Waals surface area contributed by atoms with Gasteiger partial charge in [0.05, 0.1) is 19.2 Å². The number of benzene rings is 1. The van der Waals surface area contributed by atoms with Gasteiger partial charge in [-0.25, -0.2) is 0 Å². The van der Waals surface area contributed by atoms with Gasteiger partial charge in [-0.05, 0) is 0 Å². The molecule has 0 aliphatic rings. The number of hydrogen-bond acceptors (Lipinski definition) is 5. The molecule has 0 aromatic heterocycles. The monoisotopic (exact) mass is 261 g/mol. The van der Waals surface area contributed by atoms with E-state index in [4.69, 9.17) is 31.9 Å². The number of phenols is 1. The van der Waals surface area contributed by atoms with Crippen molar-refractivity contribution in [3.8, 4) is 17.2 Å². The molecule has 0 heterocycles. The molecule has 0 saturated carbocycles. The number of phenolic OH excluding ortho intramolecular Hbond substituents is 1. The van der Waals surface area contributed by atoms with Gasteiger partial charge < -0.3 is 25.4 Å². The van der Waals surface area contributed by atoms with E-state index < -0.39 is 12.0 Å². The standard InChI is InChI=1S/C10H12ClNO5/c1-16-5-3-4(13)7(11)6(9(5)17-2)8(12)10(14)15/h3,8,13H,12H2,1-2H3,(H,14,15). The highest BCUT2D eigenvalue weighted by molar-refractivity contribution is 6.33. The van der Waals surface area contributed by atoms with E-state index in [9.17, 15) is 9.90 Å². The van der Waals surface area contributed by atoms with Crippen LogP contribution in [-0.2, 0) is 4.79 Å². The van der Waals surface area contributed by atoms with Gasteiger partial charge in [0.2, 0.25) is 0 Å². The molecule has 4 N–H and O–H groups in total. The van der Waals surface area contributed by atoms with E-state index in [0.29, 0.717) is 0 Å². The zero-order valence-corrected chi connectivity index (χ0v) is 9.99. The Morgan fingerprint density at radius 1 is 1.47 bits per heavy atom. The maximum atomic E-state index is 10.9. The molecule has 94 valence electrons. The SMILES string of the molecule is COc1cc(O)c(Cl)c(C(N)C(=O)O)c1OC. The number of methoxy groups -OCH3 is 2. The average molecular weight is 262 g/mol. The minimum Gasteiger partial charge on any atom is -0.506 e. The summed E-state index contributed by atoms with van der Waals surface area (Å²) in [5.41, 5.74) is 5.45. The summed E-state index contributed by atoms with van der Waals surface area (Å²) >= 11 is 5.82. The Kier molecular flexibility index (Phi) is 4.03. The summed E-state index contributed by atoms with van der Waals surface area (Å²) in [6.45, 7) is 0. The van der Waals surface area contributed by atoms with Crippen molar-refractivity contribution >= 4 is 17.6 Å². The second-order valence-electron chi connectivity index (χ2n) is 3.17. The van der Waals surface area contributed by atoms with E-state index >= 15 is 0 Å². The number of carboxylic acids is 1. The summed E-state index contributed by atoms with van der Waals surface area (Å²) in [5, 5.41) is 18.3. The zero-order chi connectivity index (χ0) is 13.2. The molecule has 1 unspecified atom stereocenters. The van der Waals surface area contributed by atoms with Crippen molar-refractivity contribution in [1.29, 1.82) is 0 Å². The van der Waals surface area contributed by atoms with Crippen molar-refractivity contribution in [1.82, 2.24) is 0 Å². The fourth-order valence-electron chi connectivity index (χ4n) is 1.39. The molecular weight excluding hydrogens is 250 g/mol. The lowest BCUT2D eigenvalue weighted by molar-refractivity contribution is -0.138. The Morgan fingerprint density at radius 2 is 2.06 bits per heavy atom. The fraction of sp³-hybridized carbons (Fsp3) is 0.300. The Bertz CT molecular complexity index is 449. The molecule has 0 aliphatic carbocycles. The highest BCUT2D eigenvalue weighted by atomic mass is 35.5. The van der Waals surface area contributed by atoms with Crippen molar-refractivity contribution in [2.75, 3.05) is 14.2 Å². The van der Waals surface area contributed by atoms with Crippen LogP contribution in [0.5, 0.6) is 17.2 Å². The summed E-state index contributed by atoms with van der Waals surface area (Å²) in [5.74, 6) is -1.37. The molecule has 1 aromatic carbocycles.